The average Bonchev–Trinajstić information content (AvgIpc) is 3.20. The number of halogens is 1. The van der Waals surface area contributed by atoms with Crippen molar-refractivity contribution in [2.45, 2.75) is 6.92 Å². The molecule has 0 aliphatic heterocycles. The number of hydrogen-bond donors (Lipinski definition) is 2. The van der Waals surface area contributed by atoms with Crippen molar-refractivity contribution in [3.63, 3.8) is 0 Å². The summed E-state index contributed by atoms with van der Waals surface area (Å²) in [6.45, 7) is 5.03. The van der Waals surface area contributed by atoms with Crippen LogP contribution >= 0.6 is 0 Å². The Balaban J connectivity index is 1.72. The van der Waals surface area contributed by atoms with Crippen molar-refractivity contribution in [2.75, 3.05) is 10.6 Å². The summed E-state index contributed by atoms with van der Waals surface area (Å²) in [7, 11) is 0. The Morgan fingerprint density at radius 2 is 1.97 bits per heavy atom. The lowest BCUT2D eigenvalue weighted by atomic mass is 10.1. The molecule has 1 amide bonds. The fourth-order valence-electron chi connectivity index (χ4n) is 3.02. The topological polar surface area (TPSA) is 71.3 Å². The van der Waals surface area contributed by atoms with Crippen molar-refractivity contribution in [2.24, 2.45) is 0 Å². The first-order valence-corrected chi connectivity index (χ1v) is 8.93. The largest absolute Gasteiger partial charge is 0.338 e. The minimum atomic E-state index is -1.04. The molecule has 0 bridgehead atoms. The first-order chi connectivity index (χ1) is 14.0. The number of fused-ring (bicyclic) bond motifs is 1. The van der Waals surface area contributed by atoms with Crippen molar-refractivity contribution in [3.8, 4) is 11.3 Å². The molecule has 2 aromatic carbocycles. The van der Waals surface area contributed by atoms with Crippen molar-refractivity contribution >= 4 is 28.6 Å². The smallest absolute Gasteiger partial charge is 0.283 e. The Morgan fingerprint density at radius 3 is 2.76 bits per heavy atom. The van der Waals surface area contributed by atoms with Gasteiger partial charge in [0.1, 0.15) is 5.52 Å². The van der Waals surface area contributed by atoms with Crippen LogP contribution in [0.4, 0.5) is 21.6 Å². The number of imidazole rings is 1. The van der Waals surface area contributed by atoms with Gasteiger partial charge in [-0.3, -0.25) is 9.20 Å². The molecular weight excluding hydrogens is 369 g/mol. The van der Waals surface area contributed by atoms with Gasteiger partial charge in [0.25, 0.3) is 5.91 Å². The lowest BCUT2D eigenvalue weighted by Crippen LogP contribution is -2.11. The van der Waals surface area contributed by atoms with Crippen LogP contribution in [0.2, 0.25) is 0 Å². The summed E-state index contributed by atoms with van der Waals surface area (Å²) in [4.78, 5) is 20.4. The van der Waals surface area contributed by atoms with Gasteiger partial charge in [-0.25, -0.2) is 14.4 Å². The number of rotatable bonds is 5. The Bertz CT molecular complexity index is 1230. The van der Waals surface area contributed by atoms with E-state index in [-0.39, 0.29) is 0 Å². The summed E-state index contributed by atoms with van der Waals surface area (Å²) in [5, 5.41) is 5.82. The van der Waals surface area contributed by atoms with Gasteiger partial charge in [0.05, 0.1) is 24.4 Å². The average molecular weight is 387 g/mol. The highest BCUT2D eigenvalue weighted by Gasteiger charge is 2.12. The first kappa shape index (κ1) is 18.4. The number of nitrogens with zero attached hydrogens (tertiary/aromatic N) is 3. The third-order valence-electron chi connectivity index (χ3n) is 4.52. The van der Waals surface area contributed by atoms with E-state index < -0.39 is 11.7 Å². The zero-order chi connectivity index (χ0) is 20.4. The third-order valence-corrected chi connectivity index (χ3v) is 4.52. The van der Waals surface area contributed by atoms with Gasteiger partial charge < -0.3 is 10.6 Å². The quantitative estimate of drug-likeness (QED) is 0.479. The fraction of sp³-hybridized carbons (Fsp3) is 0.0455. The number of nitrogens with one attached hydrogen (secondary N) is 2. The first-order valence-electron chi connectivity index (χ1n) is 8.93. The highest BCUT2D eigenvalue weighted by atomic mass is 19.1. The highest BCUT2D eigenvalue weighted by Crippen LogP contribution is 2.28. The van der Waals surface area contributed by atoms with Crippen LogP contribution in [0.15, 0.2) is 79.7 Å². The van der Waals surface area contributed by atoms with Gasteiger partial charge in [-0.2, -0.15) is 0 Å². The molecule has 0 fully saturated rings. The molecular formula is C22H18FN5O. The molecule has 2 N–H and O–H groups in total. The van der Waals surface area contributed by atoms with Gasteiger partial charge in [0.2, 0.25) is 0 Å². The van der Waals surface area contributed by atoms with E-state index in [0.29, 0.717) is 11.5 Å². The second-order valence-electron chi connectivity index (χ2n) is 6.52. The van der Waals surface area contributed by atoms with Crippen LogP contribution in [0.1, 0.15) is 5.56 Å². The molecule has 2 aromatic heterocycles. The third kappa shape index (κ3) is 3.70. The molecule has 0 unspecified atom stereocenters. The molecule has 0 spiro atoms. The molecule has 4 rings (SSSR count). The van der Waals surface area contributed by atoms with Gasteiger partial charge in [0, 0.05) is 16.9 Å². The Labute approximate surface area is 166 Å². The molecule has 7 heteroatoms. The molecule has 0 aliphatic carbocycles. The molecule has 0 saturated carbocycles. The zero-order valence-electron chi connectivity index (χ0n) is 15.7. The van der Waals surface area contributed by atoms with Crippen LogP contribution in [-0.4, -0.2) is 20.3 Å². The summed E-state index contributed by atoms with van der Waals surface area (Å²) in [5.41, 5.74) is 4.91. The van der Waals surface area contributed by atoms with Crippen LogP contribution in [0, 0.1) is 6.92 Å². The number of benzene rings is 2. The summed E-state index contributed by atoms with van der Waals surface area (Å²) < 4.78 is 14.9. The number of carbonyl (C=O) groups is 1. The highest BCUT2D eigenvalue weighted by molar-refractivity contribution is 6.01. The van der Waals surface area contributed by atoms with E-state index in [4.69, 9.17) is 0 Å². The lowest BCUT2D eigenvalue weighted by molar-refractivity contribution is -0.114. The molecule has 0 radical (unpaired) electrons. The van der Waals surface area contributed by atoms with Crippen LogP contribution < -0.4 is 10.6 Å². The van der Waals surface area contributed by atoms with E-state index in [1.165, 1.54) is 0 Å². The molecule has 0 saturated heterocycles. The van der Waals surface area contributed by atoms with E-state index in [1.807, 2.05) is 41.7 Å². The summed E-state index contributed by atoms with van der Waals surface area (Å²) in [6, 6.07) is 15.0. The van der Waals surface area contributed by atoms with Crippen LogP contribution in [-0.2, 0) is 4.79 Å². The maximum absolute atomic E-state index is 13.0. The number of anilines is 3. The summed E-state index contributed by atoms with van der Waals surface area (Å²) in [5.74, 6) is -1.23. The fourth-order valence-corrected chi connectivity index (χ4v) is 3.02. The van der Waals surface area contributed by atoms with Crippen LogP contribution in [0.5, 0.6) is 0 Å². The predicted molar refractivity (Wildman–Crippen MR) is 112 cm³/mol. The molecule has 2 heterocycles. The molecule has 0 atom stereocenters. The molecule has 4 aromatic rings. The second kappa shape index (κ2) is 7.55. The van der Waals surface area contributed by atoms with E-state index >= 15 is 0 Å². The van der Waals surface area contributed by atoms with E-state index in [2.05, 4.69) is 27.2 Å². The van der Waals surface area contributed by atoms with Crippen molar-refractivity contribution in [3.05, 3.63) is 85.2 Å². The van der Waals surface area contributed by atoms with Gasteiger partial charge >= 0.3 is 0 Å². The summed E-state index contributed by atoms with van der Waals surface area (Å²) >= 11 is 0. The molecule has 0 aliphatic rings. The van der Waals surface area contributed by atoms with Crippen LogP contribution in [0.25, 0.3) is 16.8 Å². The maximum atomic E-state index is 13.0. The molecule has 29 heavy (non-hydrogen) atoms. The minimum absolute atomic E-state index is 0.460. The number of aryl methyl sites for hydroxylation is 1. The Hall–Kier alpha value is -4.00. The summed E-state index contributed by atoms with van der Waals surface area (Å²) in [6.07, 6.45) is 5.16. The second-order valence-corrected chi connectivity index (χ2v) is 6.52. The Morgan fingerprint density at radius 1 is 1.14 bits per heavy atom. The number of amides is 1. The maximum Gasteiger partial charge on any atom is 0.283 e. The number of aromatic nitrogens is 3. The molecule has 6 nitrogen and oxygen atoms in total. The van der Waals surface area contributed by atoms with Crippen molar-refractivity contribution < 1.29 is 9.18 Å². The number of para-hydroxylation sites is 1. The Kier molecular flexibility index (Phi) is 4.78. The van der Waals surface area contributed by atoms with Crippen molar-refractivity contribution in [1.82, 2.24) is 14.4 Å². The standard InChI is InChI=1S/C22H18FN5O/c1-14-6-3-4-9-18(14)27-21-20-11-24-13-28(20)19(12-25-21)16-7-5-8-17(10-16)26-22(29)15(2)23/h3-13H,2H2,1H3,(H,25,27)(H,26,29). The van der Waals surface area contributed by atoms with Gasteiger partial charge in [0.15, 0.2) is 11.6 Å². The van der Waals surface area contributed by atoms with Crippen molar-refractivity contribution in [1.29, 1.82) is 0 Å². The zero-order valence-corrected chi connectivity index (χ0v) is 15.7. The monoisotopic (exact) mass is 387 g/mol. The van der Waals surface area contributed by atoms with Gasteiger partial charge in [-0.05, 0) is 30.7 Å². The van der Waals surface area contributed by atoms with Gasteiger partial charge in [-0.15, -0.1) is 0 Å². The normalized spacial score (nSPS) is 10.7. The van der Waals surface area contributed by atoms with E-state index in [1.54, 1.807) is 36.9 Å². The van der Waals surface area contributed by atoms with Gasteiger partial charge in [-0.1, -0.05) is 36.9 Å². The number of carbonyl (C=O) groups excluding carboxylic acids is 1. The van der Waals surface area contributed by atoms with E-state index in [0.717, 1.165) is 28.0 Å². The number of hydrogen-bond acceptors (Lipinski definition) is 4. The SMILES string of the molecule is C=C(F)C(=O)Nc1cccc(-c2cnc(Nc3ccccc3C)c3cncn23)c1. The predicted octanol–water partition coefficient (Wildman–Crippen LogP) is 4.87. The molecule has 144 valence electrons. The van der Waals surface area contributed by atoms with Crippen LogP contribution in [0.3, 0.4) is 0 Å². The van der Waals surface area contributed by atoms with E-state index in [9.17, 15) is 9.18 Å². The lowest BCUT2D eigenvalue weighted by Gasteiger charge is -2.13. The minimum Gasteiger partial charge on any atom is -0.338 e.